The van der Waals surface area contributed by atoms with E-state index in [9.17, 15) is 4.79 Å². The SMILES string of the molecule is CCC(C)COc1cccc(-c2ccc(C(=O)NCC3CCCC3(C)C)cc2)c1. The summed E-state index contributed by atoms with van der Waals surface area (Å²) in [6, 6.07) is 16.0. The molecule has 0 heterocycles. The Bertz CT molecular complexity index is 810. The monoisotopic (exact) mass is 393 g/mol. The maximum Gasteiger partial charge on any atom is 0.251 e. The van der Waals surface area contributed by atoms with Crippen molar-refractivity contribution in [3.63, 3.8) is 0 Å². The number of ether oxygens (including phenoxy) is 1. The highest BCUT2D eigenvalue weighted by Gasteiger charge is 2.34. The predicted molar refractivity (Wildman–Crippen MR) is 120 cm³/mol. The first kappa shape index (κ1) is 21.4. The van der Waals surface area contributed by atoms with Crippen molar-refractivity contribution in [2.75, 3.05) is 13.2 Å². The smallest absolute Gasteiger partial charge is 0.251 e. The number of rotatable bonds is 8. The maximum atomic E-state index is 12.6. The second-order valence-electron chi connectivity index (χ2n) is 9.22. The lowest BCUT2D eigenvalue weighted by molar-refractivity contribution is 0.0937. The quantitative estimate of drug-likeness (QED) is 0.569. The van der Waals surface area contributed by atoms with Crippen LogP contribution in [0.2, 0.25) is 0 Å². The van der Waals surface area contributed by atoms with E-state index in [2.05, 4.69) is 45.1 Å². The molecule has 3 nitrogen and oxygen atoms in total. The summed E-state index contributed by atoms with van der Waals surface area (Å²) in [5.74, 6) is 2.03. The number of carbonyl (C=O) groups excluding carboxylic acids is 1. The Labute approximate surface area is 175 Å². The third-order valence-electron chi connectivity index (χ3n) is 6.53. The van der Waals surface area contributed by atoms with Crippen LogP contribution >= 0.6 is 0 Å². The summed E-state index contributed by atoms with van der Waals surface area (Å²) in [6.07, 6.45) is 4.84. The lowest BCUT2D eigenvalue weighted by atomic mass is 9.82. The molecule has 1 aliphatic rings. The van der Waals surface area contributed by atoms with E-state index in [-0.39, 0.29) is 5.91 Å². The van der Waals surface area contributed by atoms with Crippen LogP contribution in [0.3, 0.4) is 0 Å². The molecule has 2 aromatic rings. The molecule has 2 atom stereocenters. The number of carbonyl (C=O) groups is 1. The highest BCUT2D eigenvalue weighted by atomic mass is 16.5. The fourth-order valence-electron chi connectivity index (χ4n) is 4.03. The summed E-state index contributed by atoms with van der Waals surface area (Å²) in [5, 5.41) is 3.14. The molecule has 0 radical (unpaired) electrons. The van der Waals surface area contributed by atoms with Gasteiger partial charge >= 0.3 is 0 Å². The molecule has 156 valence electrons. The van der Waals surface area contributed by atoms with Gasteiger partial charge in [-0.1, -0.05) is 64.8 Å². The fraction of sp³-hybridized carbons (Fsp3) is 0.500. The average molecular weight is 394 g/mol. The standard InChI is InChI=1S/C26H35NO2/c1-5-19(2)18-29-24-10-6-8-22(16-24)20-11-13-21(14-12-20)25(28)27-17-23-9-7-15-26(23,3)4/h6,8,10-14,16,19,23H,5,7,9,15,17-18H2,1-4H3,(H,27,28). The molecule has 0 bridgehead atoms. The molecule has 3 heteroatoms. The van der Waals surface area contributed by atoms with Gasteiger partial charge in [-0.3, -0.25) is 4.79 Å². The first-order chi connectivity index (χ1) is 13.9. The fourth-order valence-corrected chi connectivity index (χ4v) is 4.03. The largest absolute Gasteiger partial charge is 0.493 e. The van der Waals surface area contributed by atoms with Gasteiger partial charge < -0.3 is 10.1 Å². The molecule has 29 heavy (non-hydrogen) atoms. The number of nitrogens with one attached hydrogen (secondary N) is 1. The van der Waals surface area contributed by atoms with Crippen LogP contribution in [0, 0.1) is 17.3 Å². The first-order valence-corrected chi connectivity index (χ1v) is 11.0. The topological polar surface area (TPSA) is 38.3 Å². The van der Waals surface area contributed by atoms with Gasteiger partial charge in [0.2, 0.25) is 0 Å². The minimum atomic E-state index is 0.0184. The summed E-state index contributed by atoms with van der Waals surface area (Å²) in [6.45, 7) is 10.5. The molecule has 2 aromatic carbocycles. The normalized spacial score (nSPS) is 19.0. The zero-order chi connectivity index (χ0) is 20.9. The summed E-state index contributed by atoms with van der Waals surface area (Å²) < 4.78 is 5.92. The van der Waals surface area contributed by atoms with Crippen molar-refractivity contribution in [2.45, 2.75) is 53.4 Å². The number of hydrogen-bond donors (Lipinski definition) is 1. The highest BCUT2D eigenvalue weighted by Crippen LogP contribution is 2.42. The molecular formula is C26H35NO2. The zero-order valence-electron chi connectivity index (χ0n) is 18.3. The van der Waals surface area contributed by atoms with Crippen molar-refractivity contribution in [1.82, 2.24) is 5.32 Å². The van der Waals surface area contributed by atoms with Crippen molar-refractivity contribution in [2.24, 2.45) is 17.3 Å². The summed E-state index contributed by atoms with van der Waals surface area (Å²) in [7, 11) is 0. The molecule has 3 rings (SSSR count). The van der Waals surface area contributed by atoms with Gasteiger partial charge in [0.25, 0.3) is 5.91 Å². The van der Waals surface area contributed by atoms with Gasteiger partial charge in [0.05, 0.1) is 6.61 Å². The number of hydrogen-bond acceptors (Lipinski definition) is 2. The van der Waals surface area contributed by atoms with Crippen LogP contribution in [-0.2, 0) is 0 Å². The van der Waals surface area contributed by atoms with E-state index < -0.39 is 0 Å². The molecule has 0 aliphatic heterocycles. The van der Waals surface area contributed by atoms with Gasteiger partial charge in [0, 0.05) is 12.1 Å². The third-order valence-corrected chi connectivity index (χ3v) is 6.53. The number of amides is 1. The third kappa shape index (κ3) is 5.62. The van der Waals surface area contributed by atoms with Gasteiger partial charge in [0.15, 0.2) is 0 Å². The van der Waals surface area contributed by atoms with Gasteiger partial charge in [-0.15, -0.1) is 0 Å². The van der Waals surface area contributed by atoms with Crippen molar-refractivity contribution < 1.29 is 9.53 Å². The summed E-state index contributed by atoms with van der Waals surface area (Å²) in [5.41, 5.74) is 3.24. The van der Waals surface area contributed by atoms with Crippen LogP contribution in [0.1, 0.15) is 63.7 Å². The minimum Gasteiger partial charge on any atom is -0.493 e. The van der Waals surface area contributed by atoms with E-state index in [1.54, 1.807) is 0 Å². The highest BCUT2D eigenvalue weighted by molar-refractivity contribution is 5.94. The lowest BCUT2D eigenvalue weighted by Gasteiger charge is -2.27. The van der Waals surface area contributed by atoms with Crippen molar-refractivity contribution in [3.05, 3.63) is 54.1 Å². The molecule has 1 amide bonds. The number of benzene rings is 2. The Morgan fingerprint density at radius 2 is 1.93 bits per heavy atom. The second-order valence-corrected chi connectivity index (χ2v) is 9.22. The Hall–Kier alpha value is -2.29. The Kier molecular flexibility index (Phi) is 7.00. The van der Waals surface area contributed by atoms with E-state index in [4.69, 9.17) is 4.74 Å². The molecule has 1 aliphatic carbocycles. The molecule has 1 N–H and O–H groups in total. The van der Waals surface area contributed by atoms with Crippen molar-refractivity contribution >= 4 is 5.91 Å². The predicted octanol–water partition coefficient (Wildman–Crippen LogP) is 6.33. The average Bonchev–Trinajstić information content (AvgIpc) is 3.08. The van der Waals surface area contributed by atoms with Crippen LogP contribution in [0.25, 0.3) is 11.1 Å². The molecule has 1 saturated carbocycles. The Morgan fingerprint density at radius 1 is 1.17 bits per heavy atom. The van der Waals surface area contributed by atoms with Crippen LogP contribution in [0.4, 0.5) is 0 Å². The summed E-state index contributed by atoms with van der Waals surface area (Å²) in [4.78, 5) is 12.6. The van der Waals surface area contributed by atoms with Crippen LogP contribution in [0.5, 0.6) is 5.75 Å². The molecular weight excluding hydrogens is 358 g/mol. The van der Waals surface area contributed by atoms with Gasteiger partial charge in [-0.2, -0.15) is 0 Å². The van der Waals surface area contributed by atoms with Gasteiger partial charge in [0.1, 0.15) is 5.75 Å². The first-order valence-electron chi connectivity index (χ1n) is 11.0. The molecule has 2 unspecified atom stereocenters. The lowest BCUT2D eigenvalue weighted by Crippen LogP contribution is -2.33. The Balaban J connectivity index is 1.60. The van der Waals surface area contributed by atoms with E-state index in [0.717, 1.165) is 36.4 Å². The van der Waals surface area contributed by atoms with E-state index in [1.807, 2.05) is 36.4 Å². The zero-order valence-corrected chi connectivity index (χ0v) is 18.3. The van der Waals surface area contributed by atoms with Crippen LogP contribution in [-0.4, -0.2) is 19.1 Å². The van der Waals surface area contributed by atoms with Crippen molar-refractivity contribution in [3.8, 4) is 16.9 Å². The molecule has 0 spiro atoms. The van der Waals surface area contributed by atoms with E-state index in [0.29, 0.717) is 22.8 Å². The molecule has 1 fully saturated rings. The van der Waals surface area contributed by atoms with E-state index in [1.165, 1.54) is 19.3 Å². The van der Waals surface area contributed by atoms with Gasteiger partial charge in [-0.05, 0) is 65.5 Å². The van der Waals surface area contributed by atoms with Crippen molar-refractivity contribution in [1.29, 1.82) is 0 Å². The molecule has 0 aromatic heterocycles. The van der Waals surface area contributed by atoms with Gasteiger partial charge in [-0.25, -0.2) is 0 Å². The summed E-state index contributed by atoms with van der Waals surface area (Å²) >= 11 is 0. The van der Waals surface area contributed by atoms with Crippen LogP contribution in [0.15, 0.2) is 48.5 Å². The minimum absolute atomic E-state index is 0.0184. The van der Waals surface area contributed by atoms with E-state index >= 15 is 0 Å². The second kappa shape index (κ2) is 9.47. The maximum absolute atomic E-state index is 12.6. The van der Waals surface area contributed by atoms with Crippen LogP contribution < -0.4 is 10.1 Å². The Morgan fingerprint density at radius 3 is 2.59 bits per heavy atom. The molecule has 0 saturated heterocycles.